The Kier molecular flexibility index (Phi) is 14.5. The minimum absolute atomic E-state index is 0.0326. The molecule has 0 aromatic heterocycles. The highest BCUT2D eigenvalue weighted by molar-refractivity contribution is 9.08. The smallest absolute Gasteiger partial charge is 0.137 e. The van der Waals surface area contributed by atoms with E-state index in [2.05, 4.69) is 89.7 Å². The van der Waals surface area contributed by atoms with Crippen molar-refractivity contribution in [3.05, 3.63) is 95.6 Å². The molecular formula is C33H42BrN2O2P. The largest absolute Gasteiger partial charge is 0.492 e. The fraction of sp³-hybridized carbons (Fsp3) is 0.364. The van der Waals surface area contributed by atoms with Crippen LogP contribution in [0.5, 0.6) is 5.75 Å². The Bertz CT molecular complexity index is 1280. The summed E-state index contributed by atoms with van der Waals surface area (Å²) in [6.45, 7) is 9.83. The van der Waals surface area contributed by atoms with Crippen LogP contribution in [0.3, 0.4) is 0 Å². The quantitative estimate of drug-likeness (QED) is 0.138. The highest BCUT2D eigenvalue weighted by atomic mass is 79.9. The molecule has 1 aliphatic heterocycles. The molecule has 0 aliphatic carbocycles. The van der Waals surface area contributed by atoms with Crippen molar-refractivity contribution >= 4 is 39.9 Å². The van der Waals surface area contributed by atoms with E-state index in [0.29, 0.717) is 17.9 Å². The van der Waals surface area contributed by atoms with Gasteiger partial charge in [-0.2, -0.15) is 5.26 Å². The van der Waals surface area contributed by atoms with Crippen molar-refractivity contribution in [3.63, 3.8) is 0 Å². The fourth-order valence-electron chi connectivity index (χ4n) is 4.47. The Morgan fingerprint density at radius 2 is 1.79 bits per heavy atom. The minimum atomic E-state index is -0.620. The van der Waals surface area contributed by atoms with Gasteiger partial charge in [0, 0.05) is 5.54 Å². The molecule has 0 spiro atoms. The van der Waals surface area contributed by atoms with E-state index in [1.165, 1.54) is 16.3 Å². The summed E-state index contributed by atoms with van der Waals surface area (Å²) in [6.07, 6.45) is 8.99. The second-order valence-electron chi connectivity index (χ2n) is 9.54. The Balaban J connectivity index is 0.00000127. The summed E-state index contributed by atoms with van der Waals surface area (Å²) >= 11 is 2.94. The molecule has 4 rings (SSSR count). The molecule has 0 bridgehead atoms. The molecule has 2 N–H and O–H groups in total. The van der Waals surface area contributed by atoms with Crippen LogP contribution in [0.4, 0.5) is 0 Å². The molecule has 0 saturated carbocycles. The van der Waals surface area contributed by atoms with Crippen molar-refractivity contribution in [1.29, 1.82) is 5.26 Å². The summed E-state index contributed by atoms with van der Waals surface area (Å²) in [7, 11) is -0.620. The second-order valence-corrected chi connectivity index (χ2v) is 11.7. The van der Waals surface area contributed by atoms with E-state index in [4.69, 9.17) is 4.74 Å². The van der Waals surface area contributed by atoms with Gasteiger partial charge in [0.2, 0.25) is 0 Å². The molecule has 39 heavy (non-hydrogen) atoms. The molecule has 6 heteroatoms. The van der Waals surface area contributed by atoms with Gasteiger partial charge in [0.25, 0.3) is 0 Å². The molecule has 3 aromatic rings. The molecule has 1 unspecified atom stereocenters. The van der Waals surface area contributed by atoms with Crippen LogP contribution in [0.2, 0.25) is 0 Å². The van der Waals surface area contributed by atoms with Gasteiger partial charge in [-0.15, -0.1) is 0 Å². The Hall–Kier alpha value is -2.48. The zero-order valence-electron chi connectivity index (χ0n) is 23.9. The van der Waals surface area contributed by atoms with Crippen LogP contribution in [-0.4, -0.2) is 42.1 Å². The summed E-state index contributed by atoms with van der Waals surface area (Å²) in [5.41, 5.74) is 2.82. The molecule has 1 atom stereocenters. The van der Waals surface area contributed by atoms with Crippen molar-refractivity contribution in [2.24, 2.45) is 0 Å². The van der Waals surface area contributed by atoms with Gasteiger partial charge in [-0.25, -0.2) is 0 Å². The molecule has 0 fully saturated rings. The van der Waals surface area contributed by atoms with Crippen LogP contribution >= 0.6 is 23.9 Å². The van der Waals surface area contributed by atoms with E-state index < -0.39 is 7.92 Å². The summed E-state index contributed by atoms with van der Waals surface area (Å²) in [6, 6.07) is 23.2. The van der Waals surface area contributed by atoms with E-state index in [1.807, 2.05) is 50.0 Å². The van der Waals surface area contributed by atoms with E-state index in [1.54, 1.807) is 0 Å². The van der Waals surface area contributed by atoms with Gasteiger partial charge in [-0.1, -0.05) is 96.5 Å². The molecule has 0 saturated heterocycles. The van der Waals surface area contributed by atoms with Crippen LogP contribution < -0.4 is 10.1 Å². The van der Waals surface area contributed by atoms with Crippen molar-refractivity contribution in [2.75, 3.05) is 31.5 Å². The van der Waals surface area contributed by atoms with Crippen LogP contribution in [0.15, 0.2) is 78.9 Å². The Morgan fingerprint density at radius 1 is 1.05 bits per heavy atom. The SMILES string of the molecule is CBr.CC.CC(C)(Cc1ccc2ccccc2c1)NCCCOc1ccc(C2=CC=CCP2CO)cc1C#N. The van der Waals surface area contributed by atoms with E-state index in [9.17, 15) is 10.4 Å². The zero-order chi connectivity index (χ0) is 28.7. The average molecular weight is 610 g/mol. The third-order valence-corrected chi connectivity index (χ3v) is 8.35. The number of aliphatic hydroxyl groups is 1. The van der Waals surface area contributed by atoms with Gasteiger partial charge >= 0.3 is 0 Å². The van der Waals surface area contributed by atoms with Crippen LogP contribution in [0.1, 0.15) is 50.8 Å². The predicted molar refractivity (Wildman–Crippen MR) is 173 cm³/mol. The first-order valence-electron chi connectivity index (χ1n) is 13.5. The lowest BCUT2D eigenvalue weighted by molar-refractivity contribution is 0.293. The van der Waals surface area contributed by atoms with Gasteiger partial charge < -0.3 is 15.2 Å². The van der Waals surface area contributed by atoms with E-state index in [0.717, 1.165) is 36.4 Å². The van der Waals surface area contributed by atoms with Crippen LogP contribution in [0.25, 0.3) is 16.1 Å². The lowest BCUT2D eigenvalue weighted by Crippen LogP contribution is -2.42. The number of alkyl halides is 1. The lowest BCUT2D eigenvalue weighted by atomic mass is 9.93. The number of benzene rings is 3. The number of hydrogen-bond donors (Lipinski definition) is 2. The summed E-state index contributed by atoms with van der Waals surface area (Å²) < 4.78 is 5.96. The number of fused-ring (bicyclic) bond motifs is 1. The number of nitrogens with one attached hydrogen (secondary N) is 1. The molecule has 0 radical (unpaired) electrons. The maximum atomic E-state index is 9.71. The first-order valence-corrected chi connectivity index (χ1v) is 16.8. The van der Waals surface area contributed by atoms with E-state index >= 15 is 0 Å². The van der Waals surface area contributed by atoms with Crippen molar-refractivity contribution in [3.8, 4) is 11.8 Å². The number of halogens is 1. The van der Waals surface area contributed by atoms with Gasteiger partial charge in [0.1, 0.15) is 11.8 Å². The van der Waals surface area contributed by atoms with Gasteiger partial charge in [0.15, 0.2) is 0 Å². The highest BCUT2D eigenvalue weighted by Gasteiger charge is 2.19. The Morgan fingerprint density at radius 3 is 2.51 bits per heavy atom. The topological polar surface area (TPSA) is 65.3 Å². The maximum Gasteiger partial charge on any atom is 0.137 e. The Labute approximate surface area is 244 Å². The molecule has 208 valence electrons. The molecule has 1 aliphatic rings. The average Bonchev–Trinajstić information content (AvgIpc) is 2.98. The summed E-state index contributed by atoms with van der Waals surface area (Å²) in [5, 5.41) is 26.7. The second kappa shape index (κ2) is 17.3. The molecule has 4 nitrogen and oxygen atoms in total. The van der Waals surface area contributed by atoms with Crippen molar-refractivity contribution < 1.29 is 9.84 Å². The molecule has 0 amide bonds. The normalized spacial score (nSPS) is 14.3. The number of rotatable bonds is 10. The number of nitriles is 1. The number of aliphatic hydroxyl groups excluding tert-OH is 1. The third kappa shape index (κ3) is 9.89. The lowest BCUT2D eigenvalue weighted by Gasteiger charge is -2.27. The van der Waals surface area contributed by atoms with Gasteiger partial charge in [-0.3, -0.25) is 0 Å². The summed E-state index contributed by atoms with van der Waals surface area (Å²) in [5.74, 6) is 2.43. The van der Waals surface area contributed by atoms with Gasteiger partial charge in [-0.05, 0) is 92.5 Å². The third-order valence-electron chi connectivity index (χ3n) is 6.27. The number of nitrogens with zero attached hydrogens (tertiary/aromatic N) is 1. The first-order chi connectivity index (χ1) is 19.0. The number of hydrogen-bond acceptors (Lipinski definition) is 4. The fourth-order valence-corrected chi connectivity index (χ4v) is 6.11. The summed E-state index contributed by atoms with van der Waals surface area (Å²) in [4.78, 5) is 0. The molecule has 1 heterocycles. The van der Waals surface area contributed by atoms with Gasteiger partial charge in [0.05, 0.1) is 18.5 Å². The zero-order valence-corrected chi connectivity index (χ0v) is 26.4. The molecular weight excluding hydrogens is 567 g/mol. The first kappa shape index (κ1) is 32.7. The maximum absolute atomic E-state index is 9.71. The van der Waals surface area contributed by atoms with Crippen LogP contribution in [-0.2, 0) is 6.42 Å². The highest BCUT2D eigenvalue weighted by Crippen LogP contribution is 2.51. The van der Waals surface area contributed by atoms with Crippen molar-refractivity contribution in [1.82, 2.24) is 5.32 Å². The number of ether oxygens (including phenoxy) is 1. The minimum Gasteiger partial charge on any atom is -0.492 e. The van der Waals surface area contributed by atoms with Crippen molar-refractivity contribution in [2.45, 2.75) is 46.1 Å². The van der Waals surface area contributed by atoms with Crippen LogP contribution in [0, 0.1) is 11.3 Å². The molecule has 3 aromatic carbocycles. The number of allylic oxidation sites excluding steroid dienone is 3. The monoisotopic (exact) mass is 608 g/mol. The predicted octanol–water partition coefficient (Wildman–Crippen LogP) is 8.47. The van der Waals surface area contributed by atoms with E-state index in [-0.39, 0.29) is 11.9 Å². The standard InChI is InChI=1S/C30H33N2O2P.C2H6.CH3Br/c1-30(2,20-23-11-12-24-8-3-4-9-25(24)18-23)32-15-7-16-34-28-14-13-26(19-27(28)21-31)29-10-5-6-17-35(29)22-33;2*1-2/h3-6,8-14,18-19,32-33H,7,15-17,20,22H2,1-2H3;1-2H3;1H3.